The monoisotopic (exact) mass is 420 g/mol. The number of hydrogen-bond acceptors (Lipinski definition) is 5. The number of benzene rings is 2. The Morgan fingerprint density at radius 3 is 2.36 bits per heavy atom. The van der Waals surface area contributed by atoms with E-state index in [0.29, 0.717) is 16.9 Å². The minimum atomic E-state index is -3.83. The number of nitrogens with one attached hydrogen (secondary N) is 3. The minimum absolute atomic E-state index is 0.0412. The maximum absolute atomic E-state index is 13.6. The van der Waals surface area contributed by atoms with Crippen molar-refractivity contribution in [3.05, 3.63) is 65.6 Å². The van der Waals surface area contributed by atoms with Gasteiger partial charge >= 0.3 is 0 Å². The fourth-order valence-corrected chi connectivity index (χ4v) is 3.53. The fraction of sp³-hybridized carbons (Fsp3) is 0.111. The van der Waals surface area contributed by atoms with Gasteiger partial charge in [-0.25, -0.2) is 17.5 Å². The summed E-state index contributed by atoms with van der Waals surface area (Å²) < 4.78 is 46.0. The van der Waals surface area contributed by atoms with Crippen LogP contribution in [0.4, 0.5) is 21.6 Å². The predicted molar refractivity (Wildman–Crippen MR) is 109 cm³/mol. The molecule has 0 aliphatic carbocycles. The minimum Gasteiger partial charge on any atom is -0.337 e. The summed E-state index contributed by atoms with van der Waals surface area (Å²) in [4.78, 5) is 0.0412. The number of para-hydroxylation sites is 1. The molecule has 0 saturated heterocycles. The van der Waals surface area contributed by atoms with E-state index >= 15 is 0 Å². The first kappa shape index (κ1) is 19.8. The van der Waals surface area contributed by atoms with Gasteiger partial charge < -0.3 is 15.2 Å². The zero-order valence-corrected chi connectivity index (χ0v) is 16.6. The second-order valence-corrected chi connectivity index (χ2v) is 8.00. The number of thiocarbonyl (C=S) groups is 1. The van der Waals surface area contributed by atoms with E-state index in [1.807, 2.05) is 0 Å². The van der Waals surface area contributed by atoms with E-state index in [0.717, 1.165) is 0 Å². The zero-order chi connectivity index (χ0) is 20.3. The number of aromatic nitrogens is 1. The van der Waals surface area contributed by atoms with E-state index in [1.54, 1.807) is 44.2 Å². The summed E-state index contributed by atoms with van der Waals surface area (Å²) in [5, 5.41) is 9.50. The van der Waals surface area contributed by atoms with Gasteiger partial charge in [-0.05, 0) is 62.5 Å². The molecule has 0 amide bonds. The van der Waals surface area contributed by atoms with Crippen LogP contribution in [0.25, 0.3) is 0 Å². The van der Waals surface area contributed by atoms with Crippen molar-refractivity contribution >= 4 is 44.6 Å². The number of halogens is 1. The summed E-state index contributed by atoms with van der Waals surface area (Å²) in [5.41, 5.74) is 2.00. The maximum Gasteiger partial charge on any atom is 0.264 e. The Kier molecular flexibility index (Phi) is 5.61. The molecule has 28 heavy (non-hydrogen) atoms. The van der Waals surface area contributed by atoms with Crippen LogP contribution in [0, 0.1) is 19.7 Å². The number of anilines is 3. The molecule has 0 atom stereocenters. The molecule has 0 aliphatic rings. The highest BCUT2D eigenvalue weighted by atomic mass is 32.2. The highest BCUT2D eigenvalue weighted by Crippen LogP contribution is 2.22. The van der Waals surface area contributed by atoms with E-state index in [1.165, 1.54) is 18.2 Å². The Hall–Kier alpha value is -2.98. The van der Waals surface area contributed by atoms with Gasteiger partial charge in [0.15, 0.2) is 5.11 Å². The molecule has 0 fully saturated rings. The lowest BCUT2D eigenvalue weighted by atomic mass is 10.3. The summed E-state index contributed by atoms with van der Waals surface area (Å²) >= 11 is 5.15. The van der Waals surface area contributed by atoms with Crippen molar-refractivity contribution in [2.24, 2.45) is 0 Å². The van der Waals surface area contributed by atoms with Crippen LogP contribution in [-0.4, -0.2) is 18.7 Å². The third-order valence-electron chi connectivity index (χ3n) is 3.93. The first-order valence-electron chi connectivity index (χ1n) is 8.14. The molecule has 2 aromatic carbocycles. The molecule has 3 aromatic rings. The molecular weight excluding hydrogens is 403 g/mol. The summed E-state index contributed by atoms with van der Waals surface area (Å²) in [7, 11) is -3.83. The highest BCUT2D eigenvalue weighted by molar-refractivity contribution is 7.92. The van der Waals surface area contributed by atoms with Crippen LogP contribution in [0.2, 0.25) is 0 Å². The summed E-state index contributed by atoms with van der Waals surface area (Å²) in [5.74, 6) is -0.355. The molecule has 7 nitrogen and oxygen atoms in total. The fourth-order valence-electron chi connectivity index (χ4n) is 2.26. The van der Waals surface area contributed by atoms with Crippen molar-refractivity contribution in [3.63, 3.8) is 0 Å². The molecule has 1 heterocycles. The lowest BCUT2D eigenvalue weighted by Gasteiger charge is -2.12. The number of hydrogen-bond donors (Lipinski definition) is 3. The van der Waals surface area contributed by atoms with Gasteiger partial charge in [-0.15, -0.1) is 0 Å². The normalized spacial score (nSPS) is 11.1. The topological polar surface area (TPSA) is 96.3 Å². The lowest BCUT2D eigenvalue weighted by molar-refractivity contribution is 0.430. The van der Waals surface area contributed by atoms with Crippen LogP contribution < -0.4 is 15.4 Å². The average molecular weight is 420 g/mol. The van der Waals surface area contributed by atoms with Crippen LogP contribution in [-0.2, 0) is 10.0 Å². The lowest BCUT2D eigenvalue weighted by Crippen LogP contribution is -2.20. The van der Waals surface area contributed by atoms with E-state index in [2.05, 4.69) is 20.5 Å². The molecule has 0 saturated carbocycles. The molecule has 0 spiro atoms. The molecule has 0 radical (unpaired) electrons. The van der Waals surface area contributed by atoms with Gasteiger partial charge in [0.05, 0.1) is 16.3 Å². The van der Waals surface area contributed by atoms with Crippen molar-refractivity contribution in [1.82, 2.24) is 5.16 Å². The summed E-state index contributed by atoms with van der Waals surface area (Å²) in [6, 6.07) is 12.0. The van der Waals surface area contributed by atoms with Gasteiger partial charge in [-0.3, -0.25) is 0 Å². The summed E-state index contributed by atoms with van der Waals surface area (Å²) in [6.45, 7) is 3.43. The first-order valence-corrected chi connectivity index (χ1v) is 10.0. The molecule has 3 rings (SSSR count). The number of nitrogens with zero attached hydrogens (tertiary/aromatic N) is 1. The third kappa shape index (κ3) is 4.46. The second-order valence-electron chi connectivity index (χ2n) is 5.91. The Morgan fingerprint density at radius 2 is 1.75 bits per heavy atom. The highest BCUT2D eigenvalue weighted by Gasteiger charge is 2.19. The van der Waals surface area contributed by atoms with Crippen molar-refractivity contribution in [2.45, 2.75) is 18.7 Å². The van der Waals surface area contributed by atoms with Crippen molar-refractivity contribution in [2.75, 3.05) is 15.4 Å². The molecule has 0 aliphatic heterocycles. The number of aryl methyl sites for hydroxylation is 1. The van der Waals surface area contributed by atoms with Crippen molar-refractivity contribution < 1.29 is 17.3 Å². The van der Waals surface area contributed by atoms with Crippen molar-refractivity contribution in [3.8, 4) is 0 Å². The molecule has 0 bridgehead atoms. The zero-order valence-electron chi connectivity index (χ0n) is 15.0. The molecule has 0 unspecified atom stereocenters. The largest absolute Gasteiger partial charge is 0.337 e. The SMILES string of the molecule is Cc1noc(NS(=O)(=O)c2ccc(NC(=S)Nc3ccccc3F)cc2)c1C. The summed E-state index contributed by atoms with van der Waals surface area (Å²) in [6.07, 6.45) is 0. The van der Waals surface area contributed by atoms with Crippen LogP contribution in [0.3, 0.4) is 0 Å². The molecule has 146 valence electrons. The van der Waals surface area contributed by atoms with E-state index in [9.17, 15) is 12.8 Å². The van der Waals surface area contributed by atoms with Crippen LogP contribution >= 0.6 is 12.2 Å². The number of sulfonamides is 1. The Morgan fingerprint density at radius 1 is 1.07 bits per heavy atom. The Balaban J connectivity index is 1.68. The van der Waals surface area contributed by atoms with Crippen molar-refractivity contribution in [1.29, 1.82) is 0 Å². The van der Waals surface area contributed by atoms with Gasteiger partial charge in [-0.2, -0.15) is 0 Å². The van der Waals surface area contributed by atoms with E-state index < -0.39 is 15.8 Å². The maximum atomic E-state index is 13.6. The smallest absolute Gasteiger partial charge is 0.264 e. The average Bonchev–Trinajstić information content (AvgIpc) is 2.96. The van der Waals surface area contributed by atoms with Crippen LogP contribution in [0.5, 0.6) is 0 Å². The second kappa shape index (κ2) is 7.95. The van der Waals surface area contributed by atoms with Gasteiger partial charge in [0, 0.05) is 11.3 Å². The van der Waals surface area contributed by atoms with Crippen LogP contribution in [0.1, 0.15) is 11.3 Å². The standard InChI is InChI=1S/C18H17FN4O3S2/c1-11-12(2)22-26-17(11)23-28(24,25)14-9-7-13(8-10-14)20-18(27)21-16-6-4-3-5-15(16)19/h3-10,23H,1-2H3,(H2,20,21,27). The number of rotatable bonds is 5. The van der Waals surface area contributed by atoms with E-state index in [-0.39, 0.29) is 21.6 Å². The predicted octanol–water partition coefficient (Wildman–Crippen LogP) is 4.04. The third-order valence-corrected chi connectivity index (χ3v) is 5.48. The van der Waals surface area contributed by atoms with Gasteiger partial charge in [0.2, 0.25) is 5.88 Å². The van der Waals surface area contributed by atoms with Gasteiger partial charge in [0.25, 0.3) is 10.0 Å². The Bertz CT molecular complexity index is 1110. The Labute approximate surface area is 167 Å². The van der Waals surface area contributed by atoms with Gasteiger partial charge in [0.1, 0.15) is 5.82 Å². The molecule has 3 N–H and O–H groups in total. The van der Waals surface area contributed by atoms with Crippen LogP contribution in [0.15, 0.2) is 57.9 Å². The molecule has 10 heteroatoms. The quantitative estimate of drug-likeness (QED) is 0.536. The first-order chi connectivity index (χ1) is 13.3. The van der Waals surface area contributed by atoms with Gasteiger partial charge in [-0.1, -0.05) is 17.3 Å². The van der Waals surface area contributed by atoms with E-state index in [4.69, 9.17) is 16.7 Å². The molecular formula is C18H17FN4O3S2. The molecule has 1 aromatic heterocycles.